The molecule has 0 aliphatic carbocycles. The molecule has 0 unspecified atom stereocenters. The number of ether oxygens (including phenoxy) is 1. The lowest BCUT2D eigenvalue weighted by Crippen LogP contribution is -2.52. The zero-order valence-corrected chi connectivity index (χ0v) is 11.7. The zero-order valence-electron chi connectivity index (χ0n) is 10.9. The SMILES string of the molecule is C[C@@H]1CN(c2ncnc3sccc23)CC(C)(C)O1. The molecule has 5 heteroatoms. The van der Waals surface area contributed by atoms with E-state index in [-0.39, 0.29) is 11.7 Å². The van der Waals surface area contributed by atoms with Crippen LogP contribution in [0.3, 0.4) is 0 Å². The number of thiophene rings is 1. The molecule has 18 heavy (non-hydrogen) atoms. The quantitative estimate of drug-likeness (QED) is 0.793. The second-order valence-electron chi connectivity index (χ2n) is 5.41. The molecule has 0 N–H and O–H groups in total. The predicted octanol–water partition coefficient (Wildman–Crippen LogP) is 2.70. The summed E-state index contributed by atoms with van der Waals surface area (Å²) in [6.07, 6.45) is 1.87. The van der Waals surface area contributed by atoms with Crippen molar-refractivity contribution in [3.8, 4) is 0 Å². The summed E-state index contributed by atoms with van der Waals surface area (Å²) in [6, 6.07) is 2.10. The van der Waals surface area contributed by atoms with Gasteiger partial charge in [0, 0.05) is 13.1 Å². The van der Waals surface area contributed by atoms with E-state index >= 15 is 0 Å². The van der Waals surface area contributed by atoms with E-state index < -0.39 is 0 Å². The standard InChI is InChI=1S/C13H17N3OS/c1-9-6-16(7-13(2,3)17-9)11-10-4-5-18-12(10)15-8-14-11/h4-5,8-9H,6-7H2,1-3H3/t9-/m1/s1. The first-order valence-corrected chi connectivity index (χ1v) is 7.04. The fraction of sp³-hybridized carbons (Fsp3) is 0.538. The van der Waals surface area contributed by atoms with Crippen LogP contribution in [0.1, 0.15) is 20.8 Å². The number of fused-ring (bicyclic) bond motifs is 1. The second-order valence-corrected chi connectivity index (χ2v) is 6.30. The van der Waals surface area contributed by atoms with Gasteiger partial charge in [-0.25, -0.2) is 9.97 Å². The molecule has 0 spiro atoms. The van der Waals surface area contributed by atoms with Crippen LogP contribution in [-0.4, -0.2) is 34.8 Å². The van der Waals surface area contributed by atoms with Crippen LogP contribution >= 0.6 is 11.3 Å². The minimum absolute atomic E-state index is 0.134. The Kier molecular flexibility index (Phi) is 2.75. The summed E-state index contributed by atoms with van der Waals surface area (Å²) >= 11 is 1.66. The minimum atomic E-state index is -0.134. The third-order valence-corrected chi connectivity index (χ3v) is 3.93. The van der Waals surface area contributed by atoms with Crippen molar-refractivity contribution in [1.29, 1.82) is 0 Å². The van der Waals surface area contributed by atoms with Crippen LogP contribution in [0.2, 0.25) is 0 Å². The van der Waals surface area contributed by atoms with Crippen LogP contribution in [0.5, 0.6) is 0 Å². The lowest BCUT2D eigenvalue weighted by molar-refractivity contribution is -0.0751. The Balaban J connectivity index is 2.01. The van der Waals surface area contributed by atoms with Crippen LogP contribution in [0.25, 0.3) is 10.2 Å². The maximum atomic E-state index is 5.94. The van der Waals surface area contributed by atoms with Crippen molar-refractivity contribution in [3.05, 3.63) is 17.8 Å². The van der Waals surface area contributed by atoms with Gasteiger partial charge in [-0.15, -0.1) is 11.3 Å². The fourth-order valence-electron chi connectivity index (χ4n) is 2.64. The Bertz CT molecular complexity index is 566. The van der Waals surface area contributed by atoms with Gasteiger partial charge in [-0.3, -0.25) is 0 Å². The van der Waals surface area contributed by atoms with Crippen molar-refractivity contribution in [3.63, 3.8) is 0 Å². The highest BCUT2D eigenvalue weighted by Crippen LogP contribution is 2.30. The van der Waals surface area contributed by atoms with E-state index in [2.05, 4.69) is 47.1 Å². The van der Waals surface area contributed by atoms with Gasteiger partial charge in [-0.05, 0) is 32.2 Å². The fourth-order valence-corrected chi connectivity index (χ4v) is 3.37. The summed E-state index contributed by atoms with van der Waals surface area (Å²) in [5.74, 6) is 1.03. The van der Waals surface area contributed by atoms with Crippen molar-refractivity contribution >= 4 is 27.4 Å². The van der Waals surface area contributed by atoms with E-state index in [0.717, 1.165) is 29.1 Å². The highest BCUT2D eigenvalue weighted by molar-refractivity contribution is 7.16. The van der Waals surface area contributed by atoms with Gasteiger partial charge in [0.15, 0.2) is 0 Å². The number of hydrogen-bond acceptors (Lipinski definition) is 5. The van der Waals surface area contributed by atoms with E-state index in [4.69, 9.17) is 4.74 Å². The van der Waals surface area contributed by atoms with E-state index in [1.807, 2.05) is 0 Å². The molecule has 1 atom stereocenters. The molecule has 1 aliphatic rings. The molecular weight excluding hydrogens is 246 g/mol. The van der Waals surface area contributed by atoms with E-state index in [1.54, 1.807) is 17.7 Å². The summed E-state index contributed by atoms with van der Waals surface area (Å²) in [7, 11) is 0. The van der Waals surface area contributed by atoms with Gasteiger partial charge < -0.3 is 9.64 Å². The summed E-state index contributed by atoms with van der Waals surface area (Å²) < 4.78 is 5.94. The summed E-state index contributed by atoms with van der Waals surface area (Å²) in [6.45, 7) is 8.11. The molecule has 1 saturated heterocycles. The average molecular weight is 263 g/mol. The third-order valence-electron chi connectivity index (χ3n) is 3.11. The molecule has 3 heterocycles. The van der Waals surface area contributed by atoms with Crippen LogP contribution in [0.15, 0.2) is 17.8 Å². The predicted molar refractivity (Wildman–Crippen MR) is 74.3 cm³/mol. The monoisotopic (exact) mass is 263 g/mol. The van der Waals surface area contributed by atoms with Crippen LogP contribution in [0.4, 0.5) is 5.82 Å². The molecule has 2 aromatic heterocycles. The molecule has 3 rings (SSSR count). The van der Waals surface area contributed by atoms with Crippen LogP contribution in [-0.2, 0) is 4.74 Å². The number of anilines is 1. The average Bonchev–Trinajstić information content (AvgIpc) is 2.73. The Hall–Kier alpha value is -1.20. The highest BCUT2D eigenvalue weighted by atomic mass is 32.1. The first kappa shape index (κ1) is 11.9. The van der Waals surface area contributed by atoms with E-state index in [0.29, 0.717) is 0 Å². The number of rotatable bonds is 1. The Morgan fingerprint density at radius 1 is 1.44 bits per heavy atom. The minimum Gasteiger partial charge on any atom is -0.369 e. The smallest absolute Gasteiger partial charge is 0.140 e. The van der Waals surface area contributed by atoms with Crippen LogP contribution in [0, 0.1) is 0 Å². The molecule has 0 saturated carbocycles. The Morgan fingerprint density at radius 2 is 2.28 bits per heavy atom. The molecule has 2 aromatic rings. The molecule has 0 aromatic carbocycles. The van der Waals surface area contributed by atoms with Crippen molar-refractivity contribution < 1.29 is 4.74 Å². The molecule has 0 radical (unpaired) electrons. The maximum absolute atomic E-state index is 5.94. The highest BCUT2D eigenvalue weighted by Gasteiger charge is 2.32. The van der Waals surface area contributed by atoms with Crippen molar-refractivity contribution in [2.24, 2.45) is 0 Å². The van der Waals surface area contributed by atoms with Crippen molar-refractivity contribution in [2.45, 2.75) is 32.5 Å². The van der Waals surface area contributed by atoms with Gasteiger partial charge >= 0.3 is 0 Å². The number of aromatic nitrogens is 2. The van der Waals surface area contributed by atoms with Crippen LogP contribution < -0.4 is 4.90 Å². The summed E-state index contributed by atoms with van der Waals surface area (Å²) in [5.41, 5.74) is -0.134. The molecule has 0 bridgehead atoms. The van der Waals surface area contributed by atoms with Gasteiger partial charge in [0.05, 0.1) is 17.1 Å². The van der Waals surface area contributed by atoms with Gasteiger partial charge in [0.25, 0.3) is 0 Å². The number of nitrogens with zero attached hydrogens (tertiary/aromatic N) is 3. The lowest BCUT2D eigenvalue weighted by atomic mass is 10.1. The number of morpholine rings is 1. The molecule has 0 amide bonds. The van der Waals surface area contributed by atoms with Crippen molar-refractivity contribution in [2.75, 3.05) is 18.0 Å². The van der Waals surface area contributed by atoms with E-state index in [1.165, 1.54) is 0 Å². The van der Waals surface area contributed by atoms with Gasteiger partial charge in [-0.1, -0.05) is 0 Å². The van der Waals surface area contributed by atoms with Crippen molar-refractivity contribution in [1.82, 2.24) is 9.97 Å². The molecule has 1 aliphatic heterocycles. The first-order valence-electron chi connectivity index (χ1n) is 6.16. The molecule has 4 nitrogen and oxygen atoms in total. The Morgan fingerprint density at radius 3 is 3.06 bits per heavy atom. The first-order chi connectivity index (χ1) is 8.55. The van der Waals surface area contributed by atoms with Gasteiger partial charge in [-0.2, -0.15) is 0 Å². The van der Waals surface area contributed by atoms with E-state index in [9.17, 15) is 0 Å². The number of hydrogen-bond donors (Lipinski definition) is 0. The zero-order chi connectivity index (χ0) is 12.8. The Labute approximate surface area is 111 Å². The molecule has 96 valence electrons. The summed E-state index contributed by atoms with van der Waals surface area (Å²) in [5, 5.41) is 3.21. The molecule has 1 fully saturated rings. The summed E-state index contributed by atoms with van der Waals surface area (Å²) in [4.78, 5) is 12.1. The van der Waals surface area contributed by atoms with Gasteiger partial charge in [0.2, 0.25) is 0 Å². The second kappa shape index (κ2) is 4.17. The lowest BCUT2D eigenvalue weighted by Gasteiger charge is -2.42. The van der Waals surface area contributed by atoms with Gasteiger partial charge in [0.1, 0.15) is 17.0 Å². The largest absolute Gasteiger partial charge is 0.369 e. The normalized spacial score (nSPS) is 23.5. The maximum Gasteiger partial charge on any atom is 0.140 e. The molecular formula is C13H17N3OS. The third kappa shape index (κ3) is 2.08. The topological polar surface area (TPSA) is 38.2 Å².